The molecule has 0 saturated carbocycles. The summed E-state index contributed by atoms with van der Waals surface area (Å²) >= 11 is 0. The Morgan fingerprint density at radius 1 is 1.12 bits per heavy atom. The number of hydrogen-bond acceptors (Lipinski definition) is 5. The van der Waals surface area contributed by atoms with Gasteiger partial charge in [-0.3, -0.25) is 4.79 Å². The number of carbonyl (C=O) groups is 1. The van der Waals surface area contributed by atoms with E-state index in [1.165, 1.54) is 11.4 Å². The second kappa shape index (κ2) is 7.85. The lowest BCUT2D eigenvalue weighted by Crippen LogP contribution is -2.38. The maximum absolute atomic E-state index is 12.8. The van der Waals surface area contributed by atoms with E-state index in [0.717, 1.165) is 0 Å². The van der Waals surface area contributed by atoms with E-state index in [2.05, 4.69) is 0 Å². The Labute approximate surface area is 143 Å². The van der Waals surface area contributed by atoms with Crippen molar-refractivity contribution in [3.8, 4) is 11.5 Å². The monoisotopic (exact) mass is 356 g/mol. The van der Waals surface area contributed by atoms with E-state index in [1.54, 1.807) is 37.1 Å². The van der Waals surface area contributed by atoms with Crippen LogP contribution in [0, 0.1) is 0 Å². The highest BCUT2D eigenvalue weighted by molar-refractivity contribution is 7.89. The van der Waals surface area contributed by atoms with Gasteiger partial charge in [0.25, 0.3) is 5.91 Å². The Hall–Kier alpha value is -1.80. The minimum Gasteiger partial charge on any atom is -0.497 e. The van der Waals surface area contributed by atoms with Crippen molar-refractivity contribution in [2.75, 3.05) is 46.2 Å². The molecular formula is C16H24N2O5S. The van der Waals surface area contributed by atoms with Gasteiger partial charge < -0.3 is 14.4 Å². The SMILES string of the molecule is CCS(=O)(=O)N1CCCN(C(=O)c2ccc(OC)cc2OC)CC1. The lowest BCUT2D eigenvalue weighted by Gasteiger charge is -2.22. The average Bonchev–Trinajstić information content (AvgIpc) is 2.87. The first-order valence-electron chi connectivity index (χ1n) is 7.92. The molecule has 0 aromatic heterocycles. The molecule has 7 nitrogen and oxygen atoms in total. The first-order valence-corrected chi connectivity index (χ1v) is 9.53. The summed E-state index contributed by atoms with van der Waals surface area (Å²) in [5.41, 5.74) is 0.449. The van der Waals surface area contributed by atoms with Crippen molar-refractivity contribution in [1.82, 2.24) is 9.21 Å². The van der Waals surface area contributed by atoms with Gasteiger partial charge in [-0.05, 0) is 25.5 Å². The number of rotatable bonds is 5. The third-order valence-electron chi connectivity index (χ3n) is 4.14. The highest BCUT2D eigenvalue weighted by Gasteiger charge is 2.27. The lowest BCUT2D eigenvalue weighted by molar-refractivity contribution is 0.0761. The third-order valence-corrected chi connectivity index (χ3v) is 6.02. The molecule has 0 spiro atoms. The molecule has 0 N–H and O–H groups in total. The Morgan fingerprint density at radius 3 is 2.50 bits per heavy atom. The van der Waals surface area contributed by atoms with Gasteiger partial charge in [0.1, 0.15) is 11.5 Å². The van der Waals surface area contributed by atoms with Gasteiger partial charge in [-0.15, -0.1) is 0 Å². The number of sulfonamides is 1. The minimum absolute atomic E-state index is 0.0766. The number of methoxy groups -OCH3 is 2. The van der Waals surface area contributed by atoms with Crippen molar-refractivity contribution in [1.29, 1.82) is 0 Å². The molecule has 1 aliphatic rings. The second-order valence-electron chi connectivity index (χ2n) is 5.51. The zero-order valence-corrected chi connectivity index (χ0v) is 15.1. The van der Waals surface area contributed by atoms with Crippen LogP contribution in [0.1, 0.15) is 23.7 Å². The Bertz CT molecular complexity index is 690. The van der Waals surface area contributed by atoms with Gasteiger partial charge in [0.15, 0.2) is 0 Å². The first kappa shape index (κ1) is 18.5. The fraction of sp³-hybridized carbons (Fsp3) is 0.562. The van der Waals surface area contributed by atoms with Gasteiger partial charge in [0.2, 0.25) is 10.0 Å². The average molecular weight is 356 g/mol. The third kappa shape index (κ3) is 3.99. The molecule has 1 aromatic carbocycles. The molecule has 1 heterocycles. The molecule has 0 radical (unpaired) electrons. The number of hydrogen-bond donors (Lipinski definition) is 0. The zero-order valence-electron chi connectivity index (χ0n) is 14.3. The van der Waals surface area contributed by atoms with Gasteiger partial charge in [-0.2, -0.15) is 0 Å². The van der Waals surface area contributed by atoms with Gasteiger partial charge in [-0.25, -0.2) is 12.7 Å². The molecule has 1 fully saturated rings. The van der Waals surface area contributed by atoms with Gasteiger partial charge in [0, 0.05) is 32.2 Å². The smallest absolute Gasteiger partial charge is 0.257 e. The maximum Gasteiger partial charge on any atom is 0.257 e. The van der Waals surface area contributed by atoms with E-state index in [9.17, 15) is 13.2 Å². The predicted octanol–water partition coefficient (Wildman–Crippen LogP) is 1.20. The number of carbonyl (C=O) groups excluding carboxylic acids is 1. The molecule has 0 aliphatic carbocycles. The fourth-order valence-electron chi connectivity index (χ4n) is 2.70. The Morgan fingerprint density at radius 2 is 1.88 bits per heavy atom. The van der Waals surface area contributed by atoms with Crippen molar-refractivity contribution in [2.45, 2.75) is 13.3 Å². The molecule has 0 atom stereocenters. The lowest BCUT2D eigenvalue weighted by atomic mass is 10.1. The summed E-state index contributed by atoms with van der Waals surface area (Å²) in [4.78, 5) is 14.5. The van der Waals surface area contributed by atoms with Gasteiger partial charge >= 0.3 is 0 Å². The van der Waals surface area contributed by atoms with Crippen LogP contribution in [0.4, 0.5) is 0 Å². The molecule has 134 valence electrons. The Balaban J connectivity index is 2.16. The van der Waals surface area contributed by atoms with Crippen molar-refractivity contribution in [2.24, 2.45) is 0 Å². The second-order valence-corrected chi connectivity index (χ2v) is 7.77. The molecule has 0 unspecified atom stereocenters. The largest absolute Gasteiger partial charge is 0.497 e. The van der Waals surface area contributed by atoms with E-state index in [0.29, 0.717) is 49.7 Å². The maximum atomic E-state index is 12.8. The van der Waals surface area contributed by atoms with E-state index >= 15 is 0 Å². The quantitative estimate of drug-likeness (QED) is 0.792. The van der Waals surface area contributed by atoms with Crippen LogP contribution in [0.25, 0.3) is 0 Å². The van der Waals surface area contributed by atoms with Crippen LogP contribution in [-0.4, -0.2) is 69.7 Å². The van der Waals surface area contributed by atoms with Crippen molar-refractivity contribution >= 4 is 15.9 Å². The molecule has 0 bridgehead atoms. The molecule has 1 amide bonds. The summed E-state index contributed by atoms with van der Waals surface area (Å²) in [5.74, 6) is 0.971. The highest BCUT2D eigenvalue weighted by atomic mass is 32.2. The molecular weight excluding hydrogens is 332 g/mol. The van der Waals surface area contributed by atoms with Crippen molar-refractivity contribution < 1.29 is 22.7 Å². The number of benzene rings is 1. The minimum atomic E-state index is -3.23. The standard InChI is InChI=1S/C16H24N2O5S/c1-4-24(20,21)18-9-5-8-17(10-11-18)16(19)14-7-6-13(22-2)12-15(14)23-3/h6-7,12H,4-5,8-11H2,1-3H3. The van der Waals surface area contributed by atoms with E-state index in [-0.39, 0.29) is 11.7 Å². The number of ether oxygens (including phenoxy) is 2. The topological polar surface area (TPSA) is 76.2 Å². The molecule has 1 aliphatic heterocycles. The summed E-state index contributed by atoms with van der Waals surface area (Å²) in [5, 5.41) is 0. The van der Waals surface area contributed by atoms with Gasteiger partial charge in [0.05, 0.1) is 25.5 Å². The van der Waals surface area contributed by atoms with Crippen LogP contribution in [-0.2, 0) is 10.0 Å². The molecule has 2 rings (SSSR count). The zero-order chi connectivity index (χ0) is 17.7. The Kier molecular flexibility index (Phi) is 6.06. The van der Waals surface area contributed by atoms with Crippen LogP contribution < -0.4 is 9.47 Å². The van der Waals surface area contributed by atoms with Crippen molar-refractivity contribution in [3.05, 3.63) is 23.8 Å². The predicted molar refractivity (Wildman–Crippen MR) is 91.1 cm³/mol. The van der Waals surface area contributed by atoms with Crippen LogP contribution in [0.5, 0.6) is 11.5 Å². The number of nitrogens with zero attached hydrogens (tertiary/aromatic N) is 2. The van der Waals surface area contributed by atoms with Crippen LogP contribution in [0.2, 0.25) is 0 Å². The van der Waals surface area contributed by atoms with Crippen LogP contribution >= 0.6 is 0 Å². The molecule has 24 heavy (non-hydrogen) atoms. The normalized spacial score (nSPS) is 16.5. The van der Waals surface area contributed by atoms with Crippen LogP contribution in [0.15, 0.2) is 18.2 Å². The molecule has 8 heteroatoms. The van der Waals surface area contributed by atoms with Crippen molar-refractivity contribution in [3.63, 3.8) is 0 Å². The summed E-state index contributed by atoms with van der Waals surface area (Å²) in [6, 6.07) is 5.05. The number of amides is 1. The first-order chi connectivity index (χ1) is 11.4. The summed E-state index contributed by atoms with van der Waals surface area (Å²) < 4.78 is 35.9. The summed E-state index contributed by atoms with van der Waals surface area (Å²) in [6.07, 6.45) is 0.615. The van der Waals surface area contributed by atoms with E-state index in [1.807, 2.05) is 0 Å². The summed E-state index contributed by atoms with van der Waals surface area (Å²) in [6.45, 7) is 3.28. The molecule has 1 saturated heterocycles. The van der Waals surface area contributed by atoms with E-state index < -0.39 is 10.0 Å². The van der Waals surface area contributed by atoms with Crippen LogP contribution in [0.3, 0.4) is 0 Å². The highest BCUT2D eigenvalue weighted by Crippen LogP contribution is 2.26. The summed E-state index contributed by atoms with van der Waals surface area (Å²) in [7, 11) is -0.173. The van der Waals surface area contributed by atoms with E-state index in [4.69, 9.17) is 9.47 Å². The molecule has 1 aromatic rings. The van der Waals surface area contributed by atoms with Gasteiger partial charge in [-0.1, -0.05) is 0 Å². The fourth-order valence-corrected chi connectivity index (χ4v) is 3.84.